The molecule has 0 saturated carbocycles. The number of H-pyrrole nitrogens is 1. The first kappa shape index (κ1) is 37.3. The number of hydrogen-bond donors (Lipinski definition) is 4. The number of esters is 2. The van der Waals surface area contributed by atoms with Crippen molar-refractivity contribution in [3.05, 3.63) is 39.1 Å². The Kier molecular flexibility index (Phi) is 14.5. The summed E-state index contributed by atoms with van der Waals surface area (Å²) in [6, 6.07) is 0. The van der Waals surface area contributed by atoms with E-state index in [2.05, 4.69) is 15.3 Å². The van der Waals surface area contributed by atoms with Gasteiger partial charge in [0.05, 0.1) is 17.7 Å². The smallest absolute Gasteiger partial charge is 0.475 e. The number of aromatic amines is 1. The number of aromatic nitrogens is 2. The number of halogens is 6. The summed E-state index contributed by atoms with van der Waals surface area (Å²) in [5.74, 6) is -6.42. The number of thiazole rings is 1. The van der Waals surface area contributed by atoms with Gasteiger partial charge >= 0.3 is 36.2 Å². The highest BCUT2D eigenvalue weighted by atomic mass is 32.1. The second-order valence-electron chi connectivity index (χ2n) is 8.59. The molecule has 2 rings (SSSR count). The molecule has 2 aromatic heterocycles. The lowest BCUT2D eigenvalue weighted by Crippen LogP contribution is -2.24. The van der Waals surface area contributed by atoms with Crippen LogP contribution in [0.25, 0.3) is 0 Å². The van der Waals surface area contributed by atoms with Crippen LogP contribution in [-0.4, -0.2) is 68.6 Å². The fraction of sp³-hybridized carbons (Fsp3) is 0.522. The fourth-order valence-corrected chi connectivity index (χ4v) is 3.24. The van der Waals surface area contributed by atoms with E-state index >= 15 is 0 Å². The van der Waals surface area contributed by atoms with E-state index in [0.717, 1.165) is 4.88 Å². The normalized spacial score (nSPS) is 11.4. The molecule has 2 heterocycles. The van der Waals surface area contributed by atoms with Gasteiger partial charge in [-0.3, -0.25) is 4.98 Å². The van der Waals surface area contributed by atoms with Crippen LogP contribution in [0.1, 0.15) is 71.6 Å². The average Bonchev–Trinajstić information content (AvgIpc) is 3.45. The molecule has 0 bridgehead atoms. The van der Waals surface area contributed by atoms with Gasteiger partial charge in [-0.1, -0.05) is 6.92 Å². The van der Waals surface area contributed by atoms with Crippen molar-refractivity contribution in [1.29, 1.82) is 0 Å². The van der Waals surface area contributed by atoms with Gasteiger partial charge in [-0.2, -0.15) is 26.3 Å². The number of nitrogens with one attached hydrogen (secondary N) is 2. The molecule has 0 aliphatic rings. The molecule has 0 aliphatic carbocycles. The Morgan fingerprint density at radius 3 is 1.83 bits per heavy atom. The Morgan fingerprint density at radius 1 is 0.951 bits per heavy atom. The zero-order valence-electron chi connectivity index (χ0n) is 22.5. The van der Waals surface area contributed by atoms with E-state index in [-0.39, 0.29) is 6.61 Å². The first-order chi connectivity index (χ1) is 18.7. The lowest BCUT2D eigenvalue weighted by Gasteiger charge is -2.19. The van der Waals surface area contributed by atoms with Crippen LogP contribution < -0.4 is 5.32 Å². The number of carbonyl (C=O) groups is 4. The molecule has 4 N–H and O–H groups in total. The van der Waals surface area contributed by atoms with Crippen LogP contribution in [0.15, 0.2) is 11.7 Å². The second kappa shape index (κ2) is 15.9. The van der Waals surface area contributed by atoms with Crippen LogP contribution >= 0.6 is 11.3 Å². The Labute approximate surface area is 233 Å². The first-order valence-corrected chi connectivity index (χ1v) is 12.4. The molecule has 18 heteroatoms. The van der Waals surface area contributed by atoms with Crippen LogP contribution in [0, 0.1) is 0 Å². The quantitative estimate of drug-likeness (QED) is 0.239. The van der Waals surface area contributed by atoms with Crippen LogP contribution in [0.2, 0.25) is 0 Å². The van der Waals surface area contributed by atoms with E-state index in [1.807, 2.05) is 27.7 Å². The zero-order chi connectivity index (χ0) is 32.2. The predicted molar refractivity (Wildman–Crippen MR) is 131 cm³/mol. The van der Waals surface area contributed by atoms with Gasteiger partial charge in [-0.25, -0.2) is 19.2 Å². The molecule has 11 nitrogen and oxygen atoms in total. The summed E-state index contributed by atoms with van der Waals surface area (Å²) < 4.78 is 74.2. The maximum atomic E-state index is 12.6. The highest BCUT2D eigenvalue weighted by molar-refractivity contribution is 7.09. The van der Waals surface area contributed by atoms with E-state index in [1.54, 1.807) is 30.0 Å². The Hall–Kier alpha value is -3.67. The van der Waals surface area contributed by atoms with E-state index < -0.39 is 41.8 Å². The third-order valence-corrected chi connectivity index (χ3v) is 4.97. The summed E-state index contributed by atoms with van der Waals surface area (Å²) in [7, 11) is 0. The van der Waals surface area contributed by atoms with Crippen molar-refractivity contribution in [3.8, 4) is 0 Å². The van der Waals surface area contributed by atoms with Crippen molar-refractivity contribution in [2.75, 3.05) is 6.61 Å². The highest BCUT2D eigenvalue weighted by Crippen LogP contribution is 2.24. The number of carboxylic acid groups (broad SMARTS) is 2. The number of carbonyl (C=O) groups excluding carboxylic acids is 2. The Morgan fingerprint density at radius 2 is 1.46 bits per heavy atom. The first-order valence-electron chi connectivity index (χ1n) is 11.5. The van der Waals surface area contributed by atoms with Gasteiger partial charge in [-0.05, 0) is 39.7 Å². The maximum absolute atomic E-state index is 12.6. The molecule has 0 aliphatic heterocycles. The minimum absolute atomic E-state index is 0.267. The highest BCUT2D eigenvalue weighted by Gasteiger charge is 2.39. The van der Waals surface area contributed by atoms with Crippen LogP contribution in [0.4, 0.5) is 26.3 Å². The number of rotatable bonds is 8. The number of aliphatic carboxylic acids is 2. The predicted octanol–water partition coefficient (Wildman–Crippen LogP) is 4.72. The lowest BCUT2D eigenvalue weighted by atomic mass is 10.1. The van der Waals surface area contributed by atoms with E-state index in [9.17, 15) is 35.9 Å². The van der Waals surface area contributed by atoms with E-state index in [0.29, 0.717) is 42.0 Å². The van der Waals surface area contributed by atoms with Crippen molar-refractivity contribution in [3.63, 3.8) is 0 Å². The summed E-state index contributed by atoms with van der Waals surface area (Å²) in [6.45, 7) is 10.4. The average molecular weight is 622 g/mol. The van der Waals surface area contributed by atoms with Gasteiger partial charge in [0, 0.05) is 29.9 Å². The second-order valence-corrected chi connectivity index (χ2v) is 9.56. The summed E-state index contributed by atoms with van der Waals surface area (Å²) in [5.41, 5.74) is 3.11. The zero-order valence-corrected chi connectivity index (χ0v) is 23.3. The molecule has 2 aromatic rings. The topological polar surface area (TPSA) is 168 Å². The number of nitrogens with zero attached hydrogens (tertiary/aromatic N) is 1. The minimum Gasteiger partial charge on any atom is -0.475 e. The van der Waals surface area contributed by atoms with Gasteiger partial charge in [0.15, 0.2) is 0 Å². The van der Waals surface area contributed by atoms with Gasteiger partial charge in [0.2, 0.25) is 0 Å². The Balaban J connectivity index is 0.000000941. The molecule has 0 unspecified atom stereocenters. The number of alkyl halides is 6. The Bertz CT molecular complexity index is 1130. The summed E-state index contributed by atoms with van der Waals surface area (Å²) in [5, 5.41) is 17.5. The minimum atomic E-state index is -5.08. The lowest BCUT2D eigenvalue weighted by molar-refractivity contribution is -0.193. The van der Waals surface area contributed by atoms with Crippen LogP contribution in [0.3, 0.4) is 0 Å². The third-order valence-electron chi connectivity index (χ3n) is 4.19. The molecule has 0 amide bonds. The monoisotopic (exact) mass is 621 g/mol. The largest absolute Gasteiger partial charge is 0.490 e. The molecule has 0 aromatic carbocycles. The van der Waals surface area contributed by atoms with Crippen LogP contribution in [0.5, 0.6) is 0 Å². The number of ether oxygens (including phenoxy) is 2. The molecule has 0 spiro atoms. The van der Waals surface area contributed by atoms with Crippen LogP contribution in [-0.2, 0) is 38.6 Å². The SMILES string of the molecule is CCOC(=O)c1c(CNCc2cncs2)[nH]c(C(=O)OC(C)(C)C)c1CC.O=C(O)C(F)(F)F.O=C(O)C(F)(F)F. The van der Waals surface area contributed by atoms with Gasteiger partial charge < -0.3 is 30.0 Å². The molecule has 0 fully saturated rings. The van der Waals surface area contributed by atoms with Crippen molar-refractivity contribution in [2.24, 2.45) is 0 Å². The fourth-order valence-electron chi connectivity index (χ4n) is 2.68. The van der Waals surface area contributed by atoms with E-state index in [1.165, 1.54) is 0 Å². The molecular weight excluding hydrogens is 592 g/mol. The molecule has 232 valence electrons. The van der Waals surface area contributed by atoms with Gasteiger partial charge in [-0.15, -0.1) is 11.3 Å². The summed E-state index contributed by atoms with van der Waals surface area (Å²) in [6.07, 6.45) is -7.86. The van der Waals surface area contributed by atoms with Crippen molar-refractivity contribution < 1.29 is 65.2 Å². The van der Waals surface area contributed by atoms with Crippen molar-refractivity contribution in [1.82, 2.24) is 15.3 Å². The van der Waals surface area contributed by atoms with Gasteiger partial charge in [0.1, 0.15) is 11.3 Å². The third kappa shape index (κ3) is 14.0. The van der Waals surface area contributed by atoms with Crippen molar-refractivity contribution in [2.45, 2.75) is 72.1 Å². The standard InChI is InChI=1S/C19H27N3O4S.2C2HF3O2/c1-6-13-15(17(23)25-7-2)14(10-20-8-12-9-21-11-27-12)22-16(13)18(24)26-19(3,4)5;2*3-2(4,5)1(6)7/h9,11,20,22H,6-8,10H2,1-5H3;2*(H,6,7). The maximum Gasteiger partial charge on any atom is 0.490 e. The molecule has 0 atom stereocenters. The molecule has 0 saturated heterocycles. The van der Waals surface area contributed by atoms with Gasteiger partial charge in [0.25, 0.3) is 0 Å². The summed E-state index contributed by atoms with van der Waals surface area (Å²) >= 11 is 1.55. The van der Waals surface area contributed by atoms with Crippen molar-refractivity contribution >= 4 is 35.2 Å². The number of hydrogen-bond acceptors (Lipinski definition) is 9. The number of carboxylic acids is 2. The van der Waals surface area contributed by atoms with E-state index in [4.69, 9.17) is 29.3 Å². The molecule has 41 heavy (non-hydrogen) atoms. The molecular formula is C23H29F6N3O8S. The molecule has 0 radical (unpaired) electrons. The summed E-state index contributed by atoms with van der Waals surface area (Å²) in [4.78, 5) is 51.2.